The molecule has 70 valence electrons. The van der Waals surface area contributed by atoms with E-state index in [0.29, 0.717) is 5.69 Å². The van der Waals surface area contributed by atoms with Crippen LogP contribution in [0.5, 0.6) is 0 Å². The third-order valence-electron chi connectivity index (χ3n) is 1.32. The Kier molecular flexibility index (Phi) is 2.86. The van der Waals surface area contributed by atoms with Crippen LogP contribution in [0, 0.1) is 0 Å². The molecule has 2 amide bonds. The highest BCUT2D eigenvalue weighted by atomic mass is 32.2. The van der Waals surface area contributed by atoms with E-state index >= 15 is 0 Å². The van der Waals surface area contributed by atoms with Crippen molar-refractivity contribution in [1.82, 2.24) is 0 Å². The summed E-state index contributed by atoms with van der Waals surface area (Å²) in [7, 11) is -2.63. The Morgan fingerprint density at radius 2 is 2.08 bits per heavy atom. The summed E-state index contributed by atoms with van der Waals surface area (Å²) >= 11 is 0. The van der Waals surface area contributed by atoms with Gasteiger partial charge in [0, 0.05) is 5.69 Å². The maximum atomic E-state index is 10.5. The number of nitrogens with two attached hydrogens (primary N) is 1. The van der Waals surface area contributed by atoms with Crippen LogP contribution < -0.4 is 11.1 Å². The third kappa shape index (κ3) is 2.75. The van der Waals surface area contributed by atoms with Gasteiger partial charge in [0.15, 0.2) is 10.7 Å². The van der Waals surface area contributed by atoms with Crippen molar-refractivity contribution >= 4 is 22.4 Å². The van der Waals surface area contributed by atoms with Gasteiger partial charge in [-0.1, -0.05) is 6.07 Å². The Bertz CT molecular complexity index is 392. The van der Waals surface area contributed by atoms with E-state index < -0.39 is 16.7 Å². The molecule has 0 radical (unpaired) electrons. The molecule has 1 aromatic carbocycles. The van der Waals surface area contributed by atoms with Crippen LogP contribution in [0.3, 0.4) is 0 Å². The summed E-state index contributed by atoms with van der Waals surface area (Å²) in [6, 6.07) is 5.10. The van der Waals surface area contributed by atoms with E-state index in [9.17, 15) is 13.2 Å². The summed E-state index contributed by atoms with van der Waals surface area (Å²) in [5.74, 6) is 0. The van der Waals surface area contributed by atoms with E-state index in [0.717, 1.165) is 0 Å². The van der Waals surface area contributed by atoms with Crippen LogP contribution >= 0.6 is 0 Å². The van der Waals surface area contributed by atoms with Gasteiger partial charge in [-0.05, 0) is 18.2 Å². The molecule has 5 nitrogen and oxygen atoms in total. The fraction of sp³-hybridized carbons (Fsp3) is 0. The highest BCUT2D eigenvalue weighted by molar-refractivity contribution is 7.72. The number of thiol groups is 1. The van der Waals surface area contributed by atoms with Crippen LogP contribution in [0.25, 0.3) is 0 Å². The first-order valence-electron chi connectivity index (χ1n) is 3.40. The van der Waals surface area contributed by atoms with E-state index in [-0.39, 0.29) is 4.90 Å². The first-order valence-corrected chi connectivity index (χ1v) is 4.58. The quantitative estimate of drug-likeness (QED) is 0.593. The molecule has 0 aliphatic rings. The average Bonchev–Trinajstić information content (AvgIpc) is 2.03. The first kappa shape index (κ1) is 9.53. The number of carbonyl (C=O) groups excluding carboxylic acids is 1. The fourth-order valence-corrected chi connectivity index (χ4v) is 1.29. The maximum absolute atomic E-state index is 10.5. The van der Waals surface area contributed by atoms with Crippen molar-refractivity contribution < 1.29 is 13.2 Å². The lowest BCUT2D eigenvalue weighted by molar-refractivity contribution is 0.259. The van der Waals surface area contributed by atoms with Gasteiger partial charge in [-0.2, -0.15) is 0 Å². The predicted octanol–water partition coefficient (Wildman–Crippen LogP) is 0.148. The molecule has 3 N–H and O–H groups in total. The van der Waals surface area contributed by atoms with Crippen molar-refractivity contribution in [3.05, 3.63) is 24.3 Å². The Hall–Kier alpha value is -1.56. The van der Waals surface area contributed by atoms with E-state index in [1.807, 2.05) is 0 Å². The van der Waals surface area contributed by atoms with Crippen LogP contribution in [-0.2, 0) is 10.7 Å². The zero-order chi connectivity index (χ0) is 9.84. The molecule has 0 atom stereocenters. The summed E-state index contributed by atoms with van der Waals surface area (Å²) in [6.07, 6.45) is 0. The van der Waals surface area contributed by atoms with E-state index in [2.05, 4.69) is 5.32 Å². The zero-order valence-corrected chi connectivity index (χ0v) is 7.45. The van der Waals surface area contributed by atoms with E-state index in [1.165, 1.54) is 18.2 Å². The number of benzene rings is 1. The summed E-state index contributed by atoms with van der Waals surface area (Å²) < 4.78 is 21.1. The van der Waals surface area contributed by atoms with Gasteiger partial charge in [-0.3, -0.25) is 0 Å². The van der Waals surface area contributed by atoms with Gasteiger partial charge in [-0.15, -0.1) is 0 Å². The van der Waals surface area contributed by atoms with Gasteiger partial charge in [0.1, 0.15) is 0 Å². The second-order valence-electron chi connectivity index (χ2n) is 2.30. The van der Waals surface area contributed by atoms with Crippen molar-refractivity contribution in [2.45, 2.75) is 4.90 Å². The normalized spacial score (nSPS) is 9.92. The van der Waals surface area contributed by atoms with Crippen LogP contribution in [-0.4, -0.2) is 14.4 Å². The van der Waals surface area contributed by atoms with Gasteiger partial charge in [0.05, 0.1) is 4.90 Å². The second-order valence-corrected chi connectivity index (χ2v) is 3.33. The van der Waals surface area contributed by atoms with Gasteiger partial charge in [0.2, 0.25) is 0 Å². The SMILES string of the molecule is NC(=O)Nc1cccc([SH](=O)=O)c1. The third-order valence-corrected chi connectivity index (χ3v) is 2.02. The van der Waals surface area contributed by atoms with Crippen molar-refractivity contribution in [3.63, 3.8) is 0 Å². The highest BCUT2D eigenvalue weighted by Crippen LogP contribution is 2.10. The number of rotatable bonds is 2. The average molecular weight is 200 g/mol. The first-order chi connectivity index (χ1) is 6.09. The molecular weight excluding hydrogens is 192 g/mol. The van der Waals surface area contributed by atoms with Crippen LogP contribution in [0.4, 0.5) is 10.5 Å². The minimum absolute atomic E-state index is 0.140. The molecule has 0 saturated carbocycles. The molecule has 13 heavy (non-hydrogen) atoms. The van der Waals surface area contributed by atoms with E-state index in [4.69, 9.17) is 5.73 Å². The minimum atomic E-state index is -2.63. The van der Waals surface area contributed by atoms with Gasteiger partial charge in [0.25, 0.3) is 0 Å². The molecule has 0 aliphatic carbocycles. The topological polar surface area (TPSA) is 89.3 Å². The highest BCUT2D eigenvalue weighted by Gasteiger charge is 1.98. The standard InChI is InChI=1S/C7H8N2O3S/c8-7(10)9-5-2-1-3-6(4-5)13(11)12/h1-4,13H,(H3,8,9,10). The number of primary amides is 1. The zero-order valence-electron chi connectivity index (χ0n) is 6.56. The molecule has 0 saturated heterocycles. The Balaban J connectivity index is 2.98. The number of carbonyl (C=O) groups is 1. The number of hydrogen-bond acceptors (Lipinski definition) is 3. The van der Waals surface area contributed by atoms with Gasteiger partial charge >= 0.3 is 6.03 Å². The second kappa shape index (κ2) is 3.90. The number of amides is 2. The fourth-order valence-electron chi connectivity index (χ4n) is 0.839. The van der Waals surface area contributed by atoms with Crippen molar-refractivity contribution in [1.29, 1.82) is 0 Å². The molecule has 0 aliphatic heterocycles. The number of nitrogens with one attached hydrogen (secondary N) is 1. The van der Waals surface area contributed by atoms with Crippen LogP contribution in [0.2, 0.25) is 0 Å². The number of anilines is 1. The molecule has 0 unspecified atom stereocenters. The molecule has 0 spiro atoms. The van der Waals surface area contributed by atoms with Gasteiger partial charge in [-0.25, -0.2) is 13.2 Å². The van der Waals surface area contributed by atoms with Crippen molar-refractivity contribution in [3.8, 4) is 0 Å². The van der Waals surface area contributed by atoms with Crippen molar-refractivity contribution in [2.75, 3.05) is 5.32 Å². The molecule has 0 heterocycles. The van der Waals surface area contributed by atoms with Gasteiger partial charge < -0.3 is 11.1 Å². The summed E-state index contributed by atoms with van der Waals surface area (Å²) in [6.45, 7) is 0. The largest absolute Gasteiger partial charge is 0.351 e. The van der Waals surface area contributed by atoms with E-state index in [1.54, 1.807) is 6.07 Å². The monoisotopic (exact) mass is 200 g/mol. The lowest BCUT2D eigenvalue weighted by Crippen LogP contribution is -2.19. The Morgan fingerprint density at radius 1 is 1.38 bits per heavy atom. The van der Waals surface area contributed by atoms with Crippen LogP contribution in [0.1, 0.15) is 0 Å². The molecule has 1 aromatic rings. The predicted molar refractivity (Wildman–Crippen MR) is 48.2 cm³/mol. The number of hydrogen-bond donors (Lipinski definition) is 3. The molecular formula is C7H8N2O3S. The van der Waals surface area contributed by atoms with Crippen LogP contribution in [0.15, 0.2) is 29.2 Å². The molecule has 0 bridgehead atoms. The minimum Gasteiger partial charge on any atom is -0.351 e. The Morgan fingerprint density at radius 3 is 2.62 bits per heavy atom. The summed E-state index contributed by atoms with van der Waals surface area (Å²) in [5.41, 5.74) is 5.21. The lowest BCUT2D eigenvalue weighted by atomic mass is 10.3. The number of urea groups is 1. The van der Waals surface area contributed by atoms with Crippen molar-refractivity contribution in [2.24, 2.45) is 5.73 Å². The molecule has 6 heteroatoms. The smallest absolute Gasteiger partial charge is 0.316 e. The molecule has 0 fully saturated rings. The lowest BCUT2D eigenvalue weighted by Gasteiger charge is -2.00. The molecule has 1 rings (SSSR count). The summed E-state index contributed by atoms with van der Waals surface area (Å²) in [5, 5.41) is 2.27. The summed E-state index contributed by atoms with van der Waals surface area (Å²) in [4.78, 5) is 10.6. The molecule has 0 aromatic heterocycles. The maximum Gasteiger partial charge on any atom is 0.316 e. The Labute approximate surface area is 76.5 Å².